The van der Waals surface area contributed by atoms with Crippen molar-refractivity contribution in [3.8, 4) is 16.9 Å². The fraction of sp³-hybridized carbons (Fsp3) is 0.273. The van der Waals surface area contributed by atoms with Crippen LogP contribution in [0.1, 0.15) is 31.7 Å². The molecule has 3 aromatic rings. The van der Waals surface area contributed by atoms with Crippen molar-refractivity contribution in [3.05, 3.63) is 65.7 Å². The van der Waals surface area contributed by atoms with E-state index in [2.05, 4.69) is 6.92 Å². The van der Waals surface area contributed by atoms with E-state index in [1.807, 2.05) is 24.3 Å². The standard InChI is InChI=1S/C22H22F2O/c1-3-4-5-6-15-7-10-18-16(13-15)8-11-19(22(18)24)17-9-12-21(25-2)20(23)14-17/h7-14H,3-6H2,1-2H3. The monoisotopic (exact) mass is 340 g/mol. The molecule has 0 fully saturated rings. The fourth-order valence-corrected chi connectivity index (χ4v) is 3.13. The van der Waals surface area contributed by atoms with Gasteiger partial charge >= 0.3 is 0 Å². The number of ether oxygens (including phenoxy) is 1. The zero-order valence-electron chi connectivity index (χ0n) is 14.6. The summed E-state index contributed by atoms with van der Waals surface area (Å²) in [7, 11) is 1.41. The van der Waals surface area contributed by atoms with Gasteiger partial charge in [0.25, 0.3) is 0 Å². The van der Waals surface area contributed by atoms with E-state index in [1.165, 1.54) is 37.6 Å². The van der Waals surface area contributed by atoms with Gasteiger partial charge in [-0.1, -0.05) is 56.2 Å². The van der Waals surface area contributed by atoms with Gasteiger partial charge in [-0.15, -0.1) is 0 Å². The van der Waals surface area contributed by atoms with Crippen LogP contribution in [0.25, 0.3) is 21.9 Å². The first-order valence-corrected chi connectivity index (χ1v) is 8.69. The van der Waals surface area contributed by atoms with E-state index in [0.717, 1.165) is 18.2 Å². The molecule has 0 amide bonds. The Hall–Kier alpha value is -2.42. The molecule has 0 saturated carbocycles. The van der Waals surface area contributed by atoms with Crippen molar-refractivity contribution in [3.63, 3.8) is 0 Å². The number of methoxy groups -OCH3 is 1. The summed E-state index contributed by atoms with van der Waals surface area (Å²) >= 11 is 0. The zero-order valence-corrected chi connectivity index (χ0v) is 14.6. The molecule has 0 heterocycles. The Kier molecular flexibility index (Phi) is 5.32. The first-order valence-electron chi connectivity index (χ1n) is 8.69. The Bertz CT molecular complexity index is 887. The average molecular weight is 340 g/mol. The maximum absolute atomic E-state index is 15.0. The van der Waals surface area contributed by atoms with Crippen molar-refractivity contribution in [2.75, 3.05) is 7.11 Å². The van der Waals surface area contributed by atoms with Crippen LogP contribution in [-0.2, 0) is 6.42 Å². The van der Waals surface area contributed by atoms with Crippen LogP contribution in [0.15, 0.2) is 48.5 Å². The molecular weight excluding hydrogens is 318 g/mol. The lowest BCUT2D eigenvalue weighted by Gasteiger charge is -2.10. The number of halogens is 2. The minimum absolute atomic E-state index is 0.154. The summed E-state index contributed by atoms with van der Waals surface area (Å²) in [5.74, 6) is -0.658. The molecule has 3 heteroatoms. The molecule has 0 N–H and O–H groups in total. The highest BCUT2D eigenvalue weighted by atomic mass is 19.1. The van der Waals surface area contributed by atoms with Gasteiger partial charge in [0.1, 0.15) is 5.82 Å². The number of benzene rings is 3. The van der Waals surface area contributed by atoms with E-state index in [1.54, 1.807) is 12.1 Å². The van der Waals surface area contributed by atoms with Crippen molar-refractivity contribution >= 4 is 10.8 Å². The summed E-state index contributed by atoms with van der Waals surface area (Å²) in [5.41, 5.74) is 2.13. The molecule has 0 bridgehead atoms. The van der Waals surface area contributed by atoms with Crippen LogP contribution in [0, 0.1) is 11.6 Å². The molecule has 130 valence electrons. The highest BCUT2D eigenvalue weighted by Crippen LogP contribution is 2.32. The van der Waals surface area contributed by atoms with E-state index in [0.29, 0.717) is 16.5 Å². The first kappa shape index (κ1) is 17.4. The molecule has 3 aromatic carbocycles. The Morgan fingerprint density at radius 3 is 2.48 bits per heavy atom. The van der Waals surface area contributed by atoms with Gasteiger partial charge in [0.15, 0.2) is 11.6 Å². The predicted octanol–water partition coefficient (Wildman–Crippen LogP) is 6.53. The van der Waals surface area contributed by atoms with Crippen LogP contribution in [0.4, 0.5) is 8.78 Å². The van der Waals surface area contributed by atoms with Crippen molar-refractivity contribution in [2.24, 2.45) is 0 Å². The second-order valence-corrected chi connectivity index (χ2v) is 6.29. The SMILES string of the molecule is CCCCCc1ccc2c(F)c(-c3ccc(OC)c(F)c3)ccc2c1. The molecule has 1 nitrogen and oxygen atoms in total. The summed E-state index contributed by atoms with van der Waals surface area (Å²) in [5, 5.41) is 1.44. The second-order valence-electron chi connectivity index (χ2n) is 6.29. The Morgan fingerprint density at radius 2 is 1.76 bits per heavy atom. The lowest BCUT2D eigenvalue weighted by molar-refractivity contribution is 0.386. The molecule has 3 rings (SSSR count). The minimum atomic E-state index is -0.495. The molecule has 0 aliphatic rings. The van der Waals surface area contributed by atoms with Gasteiger partial charge < -0.3 is 4.74 Å². The Balaban J connectivity index is 1.97. The first-order chi connectivity index (χ1) is 12.1. The molecule has 0 atom stereocenters. The third-order valence-electron chi connectivity index (χ3n) is 4.55. The van der Waals surface area contributed by atoms with Gasteiger partial charge in [-0.2, -0.15) is 0 Å². The van der Waals surface area contributed by atoms with Gasteiger partial charge in [-0.25, -0.2) is 8.78 Å². The predicted molar refractivity (Wildman–Crippen MR) is 99.1 cm³/mol. The van der Waals surface area contributed by atoms with E-state index in [9.17, 15) is 8.78 Å². The van der Waals surface area contributed by atoms with Gasteiger partial charge in [0.05, 0.1) is 7.11 Å². The average Bonchev–Trinajstić information content (AvgIpc) is 2.62. The number of aryl methyl sites for hydroxylation is 1. The molecule has 0 saturated heterocycles. The van der Waals surface area contributed by atoms with Crippen molar-refractivity contribution in [1.29, 1.82) is 0 Å². The maximum Gasteiger partial charge on any atom is 0.165 e. The third-order valence-corrected chi connectivity index (χ3v) is 4.55. The van der Waals surface area contributed by atoms with Crippen LogP contribution in [-0.4, -0.2) is 7.11 Å². The van der Waals surface area contributed by atoms with Crippen LogP contribution in [0.5, 0.6) is 5.75 Å². The molecule has 0 unspecified atom stereocenters. The van der Waals surface area contributed by atoms with Gasteiger partial charge in [0, 0.05) is 10.9 Å². The molecule has 0 aliphatic carbocycles. The van der Waals surface area contributed by atoms with Gasteiger partial charge in [-0.05, 0) is 41.5 Å². The molecule has 0 radical (unpaired) electrons. The normalized spacial score (nSPS) is 11.0. The number of hydrogen-bond acceptors (Lipinski definition) is 1. The Labute approximate surface area is 147 Å². The molecule has 0 aliphatic heterocycles. The number of unbranched alkanes of at least 4 members (excludes halogenated alkanes) is 2. The number of rotatable bonds is 6. The lowest BCUT2D eigenvalue weighted by atomic mass is 9.97. The topological polar surface area (TPSA) is 9.23 Å². The summed E-state index contributed by atoms with van der Waals surface area (Å²) in [4.78, 5) is 0. The molecular formula is C22H22F2O. The van der Waals surface area contributed by atoms with Crippen LogP contribution >= 0.6 is 0 Å². The van der Waals surface area contributed by atoms with Crippen LogP contribution < -0.4 is 4.74 Å². The van der Waals surface area contributed by atoms with Crippen LogP contribution in [0.3, 0.4) is 0 Å². The summed E-state index contributed by atoms with van der Waals surface area (Å²) < 4.78 is 33.8. The smallest absolute Gasteiger partial charge is 0.165 e. The van der Waals surface area contributed by atoms with Gasteiger partial charge in [-0.3, -0.25) is 0 Å². The number of hydrogen-bond donors (Lipinski definition) is 0. The summed E-state index contributed by atoms with van der Waals surface area (Å²) in [6.45, 7) is 2.18. The summed E-state index contributed by atoms with van der Waals surface area (Å²) in [6, 6.07) is 14.0. The Morgan fingerprint density at radius 1 is 0.920 bits per heavy atom. The molecule has 25 heavy (non-hydrogen) atoms. The van der Waals surface area contributed by atoms with E-state index < -0.39 is 5.82 Å². The number of fused-ring (bicyclic) bond motifs is 1. The maximum atomic E-state index is 15.0. The largest absolute Gasteiger partial charge is 0.494 e. The van der Waals surface area contributed by atoms with Crippen molar-refractivity contribution in [2.45, 2.75) is 32.6 Å². The van der Waals surface area contributed by atoms with E-state index in [4.69, 9.17) is 4.74 Å². The fourth-order valence-electron chi connectivity index (χ4n) is 3.13. The van der Waals surface area contributed by atoms with Crippen LogP contribution in [0.2, 0.25) is 0 Å². The van der Waals surface area contributed by atoms with Crippen molar-refractivity contribution in [1.82, 2.24) is 0 Å². The van der Waals surface area contributed by atoms with E-state index in [-0.39, 0.29) is 11.6 Å². The van der Waals surface area contributed by atoms with Crippen molar-refractivity contribution < 1.29 is 13.5 Å². The highest BCUT2D eigenvalue weighted by Gasteiger charge is 2.12. The molecule has 0 aromatic heterocycles. The quantitative estimate of drug-likeness (QED) is 0.464. The zero-order chi connectivity index (χ0) is 17.8. The second kappa shape index (κ2) is 7.64. The van der Waals surface area contributed by atoms with Gasteiger partial charge in [0.2, 0.25) is 0 Å². The third kappa shape index (κ3) is 3.65. The summed E-state index contributed by atoms with van der Waals surface area (Å²) in [6.07, 6.45) is 4.54. The highest BCUT2D eigenvalue weighted by molar-refractivity contribution is 5.88. The minimum Gasteiger partial charge on any atom is -0.494 e. The van der Waals surface area contributed by atoms with E-state index >= 15 is 0 Å². The molecule has 0 spiro atoms. The lowest BCUT2D eigenvalue weighted by Crippen LogP contribution is -1.92.